The molecule has 1 aromatic carbocycles. The number of hydrogen-bond acceptors (Lipinski definition) is 3. The van der Waals surface area contributed by atoms with Gasteiger partial charge in [0.15, 0.2) is 0 Å². The van der Waals surface area contributed by atoms with Crippen LogP contribution < -0.4 is 10.6 Å². The van der Waals surface area contributed by atoms with Crippen molar-refractivity contribution in [3.05, 3.63) is 24.4 Å². The number of nitrogens with zero attached hydrogens (tertiary/aromatic N) is 2. The summed E-state index contributed by atoms with van der Waals surface area (Å²) in [4.78, 5) is 27.0. The molecule has 7 heteroatoms. The summed E-state index contributed by atoms with van der Waals surface area (Å²) in [5, 5.41) is 13.1. The monoisotopic (exact) mass is 271 g/mol. The fourth-order valence-corrected chi connectivity index (χ4v) is 2.15. The topological polar surface area (TPSA) is 99.2 Å². The molecule has 0 spiro atoms. The highest BCUT2D eigenvalue weighted by Gasteiger charge is 2.26. The summed E-state index contributed by atoms with van der Waals surface area (Å²) in [5.74, 6) is -0.623. The summed E-state index contributed by atoms with van der Waals surface area (Å²) in [6.07, 6.45) is 1.69. The van der Waals surface area contributed by atoms with Gasteiger partial charge in [-0.15, -0.1) is 0 Å². The van der Waals surface area contributed by atoms with E-state index in [2.05, 4.69) is 25.8 Å². The molecule has 0 radical (unpaired) electrons. The number of aliphatic imine (C=N–C) groups is 1. The number of nitrogens with one attached hydrogen (secondary N) is 3. The molecule has 0 bridgehead atoms. The molecule has 1 unspecified atom stereocenters. The number of benzene rings is 1. The Morgan fingerprint density at radius 2 is 2.30 bits per heavy atom. The number of urea groups is 1. The average molecular weight is 271 g/mol. The second kappa shape index (κ2) is 4.76. The molecule has 102 valence electrons. The summed E-state index contributed by atoms with van der Waals surface area (Å²) in [6, 6.07) is 5.09. The molecule has 20 heavy (non-hydrogen) atoms. The molecule has 1 atom stereocenters. The van der Waals surface area contributed by atoms with E-state index in [1.54, 1.807) is 19.2 Å². The van der Waals surface area contributed by atoms with Crippen molar-refractivity contribution in [2.75, 3.05) is 11.9 Å². The van der Waals surface area contributed by atoms with Crippen molar-refractivity contribution in [3.63, 3.8) is 0 Å². The number of carbonyl (C=O) groups excluding carboxylic acids is 2. The Hall–Kier alpha value is -2.70. The number of fused-ring (bicyclic) bond motifs is 1. The van der Waals surface area contributed by atoms with Crippen LogP contribution in [0.3, 0.4) is 0 Å². The lowest BCUT2D eigenvalue weighted by Gasteiger charge is -2.20. The Kier molecular flexibility index (Phi) is 2.94. The van der Waals surface area contributed by atoms with E-state index in [9.17, 15) is 9.59 Å². The number of H-pyrrole nitrogens is 1. The van der Waals surface area contributed by atoms with Crippen LogP contribution >= 0.6 is 0 Å². The van der Waals surface area contributed by atoms with Crippen LogP contribution in [-0.2, 0) is 4.79 Å². The molecule has 3 amide bonds. The predicted octanol–water partition coefficient (Wildman–Crippen LogP) is 1.30. The first-order chi connectivity index (χ1) is 9.63. The van der Waals surface area contributed by atoms with Crippen LogP contribution in [0.4, 0.5) is 10.5 Å². The van der Waals surface area contributed by atoms with Gasteiger partial charge in [0.1, 0.15) is 0 Å². The van der Waals surface area contributed by atoms with E-state index < -0.39 is 11.9 Å². The minimum Gasteiger partial charge on any atom is -0.335 e. The summed E-state index contributed by atoms with van der Waals surface area (Å²) in [6.45, 7) is 1.95. The maximum absolute atomic E-state index is 12.2. The molecule has 3 N–H and O–H groups in total. The van der Waals surface area contributed by atoms with Crippen molar-refractivity contribution in [2.24, 2.45) is 10.9 Å². The Morgan fingerprint density at radius 3 is 3.10 bits per heavy atom. The molecule has 1 aromatic heterocycles. The summed E-state index contributed by atoms with van der Waals surface area (Å²) in [7, 11) is 0. The zero-order chi connectivity index (χ0) is 14.1. The highest BCUT2D eigenvalue weighted by Crippen LogP contribution is 2.18. The number of aromatic amines is 1. The number of rotatable bonds is 2. The van der Waals surface area contributed by atoms with Crippen LogP contribution in [0.2, 0.25) is 0 Å². The lowest BCUT2D eigenvalue weighted by molar-refractivity contribution is -0.117. The summed E-state index contributed by atoms with van der Waals surface area (Å²) < 4.78 is 0. The van der Waals surface area contributed by atoms with Crippen LogP contribution in [0, 0.1) is 5.92 Å². The van der Waals surface area contributed by atoms with Gasteiger partial charge < -0.3 is 10.6 Å². The van der Waals surface area contributed by atoms with E-state index in [0.29, 0.717) is 11.4 Å². The maximum Gasteiger partial charge on any atom is 0.340 e. The van der Waals surface area contributed by atoms with E-state index in [-0.39, 0.29) is 12.5 Å². The second-order valence-electron chi connectivity index (χ2n) is 4.65. The molecule has 1 aliphatic rings. The highest BCUT2D eigenvalue weighted by atomic mass is 16.2. The lowest BCUT2D eigenvalue weighted by atomic mass is 10.0. The van der Waals surface area contributed by atoms with E-state index in [1.165, 1.54) is 0 Å². The van der Waals surface area contributed by atoms with Crippen molar-refractivity contribution in [1.82, 2.24) is 15.5 Å². The van der Waals surface area contributed by atoms with Crippen LogP contribution in [-0.4, -0.2) is 34.4 Å². The number of hydrogen-bond donors (Lipinski definition) is 3. The van der Waals surface area contributed by atoms with E-state index in [4.69, 9.17) is 0 Å². The third-order valence-corrected chi connectivity index (χ3v) is 3.26. The Bertz CT molecular complexity index is 718. The van der Waals surface area contributed by atoms with E-state index in [0.717, 1.165) is 10.9 Å². The molecule has 0 fully saturated rings. The van der Waals surface area contributed by atoms with Crippen molar-refractivity contribution in [2.45, 2.75) is 6.92 Å². The molecule has 0 saturated heterocycles. The van der Waals surface area contributed by atoms with Gasteiger partial charge in [-0.1, -0.05) is 0 Å². The van der Waals surface area contributed by atoms with E-state index >= 15 is 0 Å². The molecule has 3 rings (SSSR count). The number of carbonyl (C=O) groups is 2. The van der Waals surface area contributed by atoms with Gasteiger partial charge in [-0.05, 0) is 25.1 Å². The fraction of sp³-hybridized carbons (Fsp3) is 0.231. The van der Waals surface area contributed by atoms with Gasteiger partial charge in [-0.3, -0.25) is 9.89 Å². The predicted molar refractivity (Wildman–Crippen MR) is 74.7 cm³/mol. The minimum absolute atomic E-state index is 0.186. The average Bonchev–Trinajstić information content (AvgIpc) is 2.85. The van der Waals surface area contributed by atoms with Crippen LogP contribution in [0.15, 0.2) is 29.4 Å². The number of anilines is 1. The normalized spacial score (nSPS) is 18.6. The van der Waals surface area contributed by atoms with E-state index in [1.807, 2.05) is 12.1 Å². The quantitative estimate of drug-likeness (QED) is 0.767. The first-order valence-electron chi connectivity index (χ1n) is 6.20. The zero-order valence-electron chi connectivity index (χ0n) is 10.8. The SMILES string of the molecule is CC1=NC(=O)NCC1C(=O)Nc1ccc2[nH]ncc2c1. The Morgan fingerprint density at radius 1 is 1.45 bits per heavy atom. The second-order valence-corrected chi connectivity index (χ2v) is 4.65. The van der Waals surface area contributed by atoms with Crippen LogP contribution in [0.1, 0.15) is 6.92 Å². The fourth-order valence-electron chi connectivity index (χ4n) is 2.15. The van der Waals surface area contributed by atoms with Gasteiger partial charge in [0.2, 0.25) is 5.91 Å². The van der Waals surface area contributed by atoms with Crippen LogP contribution in [0.25, 0.3) is 10.9 Å². The van der Waals surface area contributed by atoms with Crippen LogP contribution in [0.5, 0.6) is 0 Å². The third kappa shape index (κ3) is 2.25. The van der Waals surface area contributed by atoms with Gasteiger partial charge in [-0.2, -0.15) is 5.10 Å². The molecule has 1 aliphatic heterocycles. The minimum atomic E-state index is -0.437. The van der Waals surface area contributed by atoms with Crippen molar-refractivity contribution in [1.29, 1.82) is 0 Å². The first-order valence-corrected chi connectivity index (χ1v) is 6.20. The van der Waals surface area contributed by atoms with Gasteiger partial charge in [0.25, 0.3) is 0 Å². The van der Waals surface area contributed by atoms with Gasteiger partial charge in [0, 0.05) is 23.3 Å². The number of aromatic nitrogens is 2. The van der Waals surface area contributed by atoms with Crippen molar-refractivity contribution >= 4 is 34.2 Å². The van der Waals surface area contributed by atoms with Gasteiger partial charge in [0.05, 0.1) is 17.6 Å². The van der Waals surface area contributed by atoms with Gasteiger partial charge >= 0.3 is 6.03 Å². The molecule has 0 saturated carbocycles. The Labute approximate surface area is 114 Å². The largest absolute Gasteiger partial charge is 0.340 e. The molecular formula is C13H13N5O2. The van der Waals surface area contributed by atoms with Crippen molar-refractivity contribution < 1.29 is 9.59 Å². The molecule has 7 nitrogen and oxygen atoms in total. The standard InChI is InChI=1S/C13H13N5O2/c1-7-10(6-14-13(20)16-7)12(19)17-9-2-3-11-8(4-9)5-15-18-11/h2-5,10H,6H2,1H3,(H,14,20)(H,15,18)(H,17,19). The Balaban J connectivity index is 1.78. The molecular weight excluding hydrogens is 258 g/mol. The summed E-state index contributed by atoms with van der Waals surface area (Å²) >= 11 is 0. The highest BCUT2D eigenvalue weighted by molar-refractivity contribution is 6.12. The van der Waals surface area contributed by atoms with Crippen molar-refractivity contribution in [3.8, 4) is 0 Å². The number of amides is 3. The molecule has 2 heterocycles. The smallest absolute Gasteiger partial charge is 0.335 e. The summed E-state index contributed by atoms with van der Waals surface area (Å²) in [5.41, 5.74) is 2.12. The molecule has 0 aliphatic carbocycles. The zero-order valence-corrected chi connectivity index (χ0v) is 10.8. The lowest BCUT2D eigenvalue weighted by Crippen LogP contribution is -2.42. The maximum atomic E-state index is 12.2. The molecule has 2 aromatic rings. The van der Waals surface area contributed by atoms with Gasteiger partial charge in [-0.25, -0.2) is 9.79 Å². The third-order valence-electron chi connectivity index (χ3n) is 3.26. The first kappa shape index (κ1) is 12.3.